The molecular weight excluding hydrogens is 266 g/mol. The van der Waals surface area contributed by atoms with Crippen LogP contribution in [0.5, 0.6) is 0 Å². The monoisotopic (exact) mass is 282 g/mol. The van der Waals surface area contributed by atoms with E-state index >= 15 is 0 Å². The molecule has 0 aromatic carbocycles. The van der Waals surface area contributed by atoms with Crippen molar-refractivity contribution in [2.24, 2.45) is 0 Å². The lowest BCUT2D eigenvalue weighted by molar-refractivity contribution is 0.0697. The first-order valence-corrected chi connectivity index (χ1v) is 8.29. The first kappa shape index (κ1) is 12.3. The minimum absolute atomic E-state index is 0.339. The van der Waals surface area contributed by atoms with Gasteiger partial charge in [0.1, 0.15) is 5.82 Å². The fourth-order valence-corrected chi connectivity index (χ4v) is 5.12. The summed E-state index contributed by atoms with van der Waals surface area (Å²) in [6.45, 7) is 0. The van der Waals surface area contributed by atoms with Gasteiger partial charge in [-0.2, -0.15) is 0 Å². The second kappa shape index (κ2) is 5.11. The Morgan fingerprint density at radius 2 is 1.89 bits per heavy atom. The van der Waals surface area contributed by atoms with E-state index in [1.165, 1.54) is 25.7 Å². The second-order valence-electron chi connectivity index (χ2n) is 4.85. The Kier molecular flexibility index (Phi) is 3.50. The first-order valence-electron chi connectivity index (χ1n) is 6.24. The summed E-state index contributed by atoms with van der Waals surface area (Å²) in [4.78, 5) is 15.4. The average molecular weight is 282 g/mol. The zero-order valence-electron chi connectivity index (χ0n) is 9.97. The van der Waals surface area contributed by atoms with Gasteiger partial charge in [-0.3, -0.25) is 0 Å². The SMILES string of the molecule is O=C(O)c1ccnc(N(PC2CC2)PC2CC2)c1. The smallest absolute Gasteiger partial charge is 0.335 e. The number of aromatic nitrogens is 1. The molecule has 2 aliphatic rings. The molecule has 4 nitrogen and oxygen atoms in total. The van der Waals surface area contributed by atoms with Crippen LogP contribution in [0.4, 0.5) is 5.82 Å². The molecule has 1 N–H and O–H groups in total. The largest absolute Gasteiger partial charge is 0.478 e. The van der Waals surface area contributed by atoms with Gasteiger partial charge in [-0.1, -0.05) is 0 Å². The Labute approximate surface area is 110 Å². The molecule has 1 aromatic rings. The molecule has 3 rings (SSSR count). The molecule has 2 saturated carbocycles. The lowest BCUT2D eigenvalue weighted by atomic mass is 10.3. The zero-order chi connectivity index (χ0) is 12.5. The van der Waals surface area contributed by atoms with Crippen molar-refractivity contribution < 1.29 is 9.90 Å². The van der Waals surface area contributed by atoms with Gasteiger partial charge in [0.25, 0.3) is 0 Å². The molecular formula is C12H16N2O2P2. The van der Waals surface area contributed by atoms with E-state index in [0.717, 1.165) is 34.6 Å². The van der Waals surface area contributed by atoms with E-state index in [1.54, 1.807) is 18.3 Å². The number of aromatic carboxylic acids is 1. The van der Waals surface area contributed by atoms with Crippen LogP contribution in [0.2, 0.25) is 0 Å². The summed E-state index contributed by atoms with van der Waals surface area (Å²) in [5.74, 6) is -0.0199. The van der Waals surface area contributed by atoms with E-state index in [-0.39, 0.29) is 0 Å². The van der Waals surface area contributed by atoms with Crippen LogP contribution in [0, 0.1) is 0 Å². The van der Waals surface area contributed by atoms with E-state index in [9.17, 15) is 4.79 Å². The van der Waals surface area contributed by atoms with Crippen molar-refractivity contribution >= 4 is 29.3 Å². The van der Waals surface area contributed by atoms with E-state index in [0.29, 0.717) is 5.56 Å². The van der Waals surface area contributed by atoms with Crippen LogP contribution < -0.4 is 4.44 Å². The standard InChI is InChI=1S/C12H16N2O2P2/c15-12(16)8-5-6-13-11(7-8)14(17-9-1-2-9)18-10-3-4-10/h5-7,9-10,17-18H,1-4H2,(H,15,16). The number of pyridine rings is 1. The molecule has 96 valence electrons. The average Bonchev–Trinajstić information content (AvgIpc) is 3.23. The summed E-state index contributed by atoms with van der Waals surface area (Å²) < 4.78 is 2.34. The van der Waals surface area contributed by atoms with Crippen LogP contribution in [-0.4, -0.2) is 27.4 Å². The van der Waals surface area contributed by atoms with Gasteiger partial charge in [0.05, 0.1) is 5.56 Å². The third kappa shape index (κ3) is 3.18. The summed E-state index contributed by atoms with van der Waals surface area (Å²) in [6.07, 6.45) is 6.90. The molecule has 1 aromatic heterocycles. The van der Waals surface area contributed by atoms with Crippen molar-refractivity contribution in [1.29, 1.82) is 0 Å². The fraction of sp³-hybridized carbons (Fsp3) is 0.500. The summed E-state index contributed by atoms with van der Waals surface area (Å²) in [5.41, 5.74) is 1.99. The number of hydrogen-bond acceptors (Lipinski definition) is 3. The Morgan fingerprint density at radius 3 is 2.39 bits per heavy atom. The quantitative estimate of drug-likeness (QED) is 0.815. The Morgan fingerprint density at radius 1 is 1.28 bits per heavy atom. The number of carbonyl (C=O) groups is 1. The van der Waals surface area contributed by atoms with Gasteiger partial charge >= 0.3 is 5.97 Å². The van der Waals surface area contributed by atoms with Gasteiger partial charge in [-0.05, 0) is 66.6 Å². The highest BCUT2D eigenvalue weighted by Gasteiger charge is 2.30. The van der Waals surface area contributed by atoms with Crippen LogP contribution >= 0.6 is 17.5 Å². The van der Waals surface area contributed by atoms with E-state index in [4.69, 9.17) is 5.11 Å². The maximum atomic E-state index is 11.0. The molecule has 1 heterocycles. The molecule has 2 atom stereocenters. The molecule has 2 fully saturated rings. The summed E-state index contributed by atoms with van der Waals surface area (Å²) in [6, 6.07) is 3.28. The number of carboxylic acids is 1. The third-order valence-electron chi connectivity index (χ3n) is 3.00. The van der Waals surface area contributed by atoms with Gasteiger partial charge in [-0.15, -0.1) is 0 Å². The van der Waals surface area contributed by atoms with Crippen molar-refractivity contribution in [3.8, 4) is 0 Å². The molecule has 0 radical (unpaired) electrons. The highest BCUT2D eigenvalue weighted by Crippen LogP contribution is 2.53. The summed E-state index contributed by atoms with van der Waals surface area (Å²) in [5, 5.41) is 9.04. The minimum Gasteiger partial charge on any atom is -0.478 e. The summed E-state index contributed by atoms with van der Waals surface area (Å²) in [7, 11) is 1.56. The zero-order valence-corrected chi connectivity index (χ0v) is 12.0. The lowest BCUT2D eigenvalue weighted by Gasteiger charge is -2.23. The molecule has 0 amide bonds. The van der Waals surface area contributed by atoms with E-state index < -0.39 is 5.97 Å². The third-order valence-corrected chi connectivity index (χ3v) is 6.63. The second-order valence-corrected chi connectivity index (χ2v) is 8.34. The number of anilines is 1. The Balaban J connectivity index is 1.77. The number of hydrogen-bond donors (Lipinski definition) is 1. The van der Waals surface area contributed by atoms with E-state index in [2.05, 4.69) is 9.42 Å². The Bertz CT molecular complexity index is 447. The lowest BCUT2D eigenvalue weighted by Crippen LogP contribution is -2.06. The van der Waals surface area contributed by atoms with Crippen molar-refractivity contribution in [2.45, 2.75) is 37.0 Å². The van der Waals surface area contributed by atoms with Crippen LogP contribution in [-0.2, 0) is 0 Å². The van der Waals surface area contributed by atoms with Crippen molar-refractivity contribution in [3.05, 3.63) is 23.9 Å². The number of rotatable bonds is 6. The highest BCUT2D eigenvalue weighted by molar-refractivity contribution is 7.60. The van der Waals surface area contributed by atoms with Crippen LogP contribution in [0.15, 0.2) is 18.3 Å². The maximum Gasteiger partial charge on any atom is 0.335 e. The predicted molar refractivity (Wildman–Crippen MR) is 76.3 cm³/mol. The van der Waals surface area contributed by atoms with Gasteiger partial charge in [-0.25, -0.2) is 9.78 Å². The minimum atomic E-state index is -0.872. The molecule has 0 spiro atoms. The maximum absolute atomic E-state index is 11.0. The summed E-state index contributed by atoms with van der Waals surface area (Å²) >= 11 is 0. The highest BCUT2D eigenvalue weighted by atomic mass is 31.1. The Hall–Kier alpha value is -0.720. The number of nitrogens with zero attached hydrogens (tertiary/aromatic N) is 2. The molecule has 0 bridgehead atoms. The molecule has 2 aliphatic carbocycles. The molecule has 0 aliphatic heterocycles. The number of carboxylic acid groups (broad SMARTS) is 1. The molecule has 6 heteroatoms. The first-order chi connectivity index (χ1) is 8.72. The molecule has 18 heavy (non-hydrogen) atoms. The van der Waals surface area contributed by atoms with Gasteiger partial charge in [0, 0.05) is 6.20 Å². The topological polar surface area (TPSA) is 53.4 Å². The van der Waals surface area contributed by atoms with E-state index in [1.807, 2.05) is 0 Å². The molecule has 0 saturated heterocycles. The fourth-order valence-electron chi connectivity index (χ4n) is 1.63. The normalized spacial score (nSPS) is 20.0. The molecule has 2 unspecified atom stereocenters. The van der Waals surface area contributed by atoms with Crippen LogP contribution in [0.1, 0.15) is 36.0 Å². The van der Waals surface area contributed by atoms with Crippen molar-refractivity contribution in [2.75, 3.05) is 4.44 Å². The van der Waals surface area contributed by atoms with Crippen molar-refractivity contribution in [3.63, 3.8) is 0 Å². The van der Waals surface area contributed by atoms with Gasteiger partial charge < -0.3 is 9.55 Å². The predicted octanol–water partition coefficient (Wildman–Crippen LogP) is 3.10. The van der Waals surface area contributed by atoms with Gasteiger partial charge in [0.2, 0.25) is 0 Å². The van der Waals surface area contributed by atoms with Crippen LogP contribution in [0.25, 0.3) is 0 Å². The van der Waals surface area contributed by atoms with Crippen molar-refractivity contribution in [1.82, 2.24) is 4.98 Å². The van der Waals surface area contributed by atoms with Gasteiger partial charge in [0.15, 0.2) is 0 Å². The van der Waals surface area contributed by atoms with Crippen LogP contribution in [0.3, 0.4) is 0 Å².